The average Bonchev–Trinajstić information content (AvgIpc) is 2.98. The van der Waals surface area contributed by atoms with Crippen molar-refractivity contribution >= 4 is 45.2 Å². The average molecular weight is 422 g/mol. The molecule has 1 fully saturated rings. The van der Waals surface area contributed by atoms with E-state index >= 15 is 0 Å². The van der Waals surface area contributed by atoms with Crippen LogP contribution >= 0.6 is 34.2 Å². The van der Waals surface area contributed by atoms with E-state index in [4.69, 9.17) is 11.6 Å². The first-order valence-electron chi connectivity index (χ1n) is 7.20. The Kier molecular flexibility index (Phi) is 4.71. The van der Waals surface area contributed by atoms with Gasteiger partial charge in [0.25, 0.3) is 0 Å². The predicted molar refractivity (Wildman–Crippen MR) is 92.5 cm³/mol. The fraction of sp³-hybridized carbons (Fsp3) is 0.533. The second kappa shape index (κ2) is 6.38. The van der Waals surface area contributed by atoms with Gasteiger partial charge in [0.2, 0.25) is 0 Å². The highest BCUT2D eigenvalue weighted by Gasteiger charge is 2.23. The topological polar surface area (TPSA) is 21.1 Å². The van der Waals surface area contributed by atoms with Gasteiger partial charge in [-0.25, -0.2) is 9.37 Å². The van der Waals surface area contributed by atoms with Crippen LogP contribution in [0.3, 0.4) is 0 Å². The first-order chi connectivity index (χ1) is 10.1. The van der Waals surface area contributed by atoms with Crippen molar-refractivity contribution in [3.8, 4) is 0 Å². The molecule has 21 heavy (non-hydrogen) atoms. The summed E-state index contributed by atoms with van der Waals surface area (Å²) in [7, 11) is 2.15. The van der Waals surface area contributed by atoms with Crippen LogP contribution in [0.5, 0.6) is 0 Å². The van der Waals surface area contributed by atoms with Crippen molar-refractivity contribution in [1.29, 1.82) is 0 Å². The van der Waals surface area contributed by atoms with Gasteiger partial charge in [-0.3, -0.25) is 0 Å². The van der Waals surface area contributed by atoms with Crippen LogP contribution < -0.4 is 0 Å². The number of alkyl halides is 1. The summed E-state index contributed by atoms with van der Waals surface area (Å²) in [4.78, 5) is 7.03. The van der Waals surface area contributed by atoms with Crippen molar-refractivity contribution in [3.63, 3.8) is 0 Å². The van der Waals surface area contributed by atoms with Crippen molar-refractivity contribution in [3.05, 3.63) is 27.3 Å². The summed E-state index contributed by atoms with van der Waals surface area (Å²) in [6, 6.07) is 3.92. The summed E-state index contributed by atoms with van der Waals surface area (Å²) in [5.74, 6) is 1.31. The van der Waals surface area contributed by atoms with Gasteiger partial charge >= 0.3 is 0 Å². The molecule has 1 aromatic carbocycles. The fourth-order valence-corrected chi connectivity index (χ4v) is 3.69. The minimum Gasteiger partial charge on any atom is -0.326 e. The minimum atomic E-state index is -0.179. The van der Waals surface area contributed by atoms with Crippen LogP contribution in [0.2, 0.25) is 0 Å². The molecule has 6 heteroatoms. The number of rotatable bonds is 4. The van der Waals surface area contributed by atoms with Gasteiger partial charge in [0.05, 0.1) is 14.6 Å². The van der Waals surface area contributed by atoms with Crippen LogP contribution in [0.1, 0.15) is 18.7 Å². The van der Waals surface area contributed by atoms with Gasteiger partial charge in [0.15, 0.2) is 0 Å². The number of nitrogens with zero attached hydrogens (tertiary/aromatic N) is 3. The summed E-state index contributed by atoms with van der Waals surface area (Å²) in [5, 5.41) is 0. The van der Waals surface area contributed by atoms with E-state index in [1.165, 1.54) is 12.8 Å². The number of hydrogen-bond donors (Lipinski definition) is 0. The Balaban J connectivity index is 2.04. The Bertz CT molecular complexity index is 658. The van der Waals surface area contributed by atoms with E-state index in [1.54, 1.807) is 6.07 Å². The molecule has 0 radical (unpaired) electrons. The molecule has 3 nitrogen and oxygen atoms in total. The smallest absolute Gasteiger partial charge is 0.138 e. The Morgan fingerprint density at radius 3 is 2.95 bits per heavy atom. The molecule has 2 aromatic rings. The van der Waals surface area contributed by atoms with E-state index in [0.717, 1.165) is 29.9 Å². The largest absolute Gasteiger partial charge is 0.326 e. The highest BCUT2D eigenvalue weighted by molar-refractivity contribution is 14.1. The third-order valence-corrected chi connectivity index (χ3v) is 5.27. The quantitative estimate of drug-likeness (QED) is 0.555. The number of imidazole rings is 1. The molecule has 0 spiro atoms. The molecule has 1 aliphatic heterocycles. The summed E-state index contributed by atoms with van der Waals surface area (Å²) in [6.07, 6.45) is 3.12. The lowest BCUT2D eigenvalue weighted by Crippen LogP contribution is -2.30. The molecule has 0 amide bonds. The van der Waals surface area contributed by atoms with Crippen molar-refractivity contribution in [2.45, 2.75) is 31.8 Å². The number of fused-ring (bicyclic) bond motifs is 1. The minimum absolute atomic E-state index is 0.179. The monoisotopic (exact) mass is 421 g/mol. The summed E-state index contributed by atoms with van der Waals surface area (Å²) >= 11 is 7.91. The maximum atomic E-state index is 13.9. The number of aryl methyl sites for hydroxylation is 1. The van der Waals surface area contributed by atoms with Crippen molar-refractivity contribution in [2.75, 3.05) is 19.5 Å². The van der Waals surface area contributed by atoms with Crippen LogP contribution in [0.15, 0.2) is 12.1 Å². The number of halogens is 3. The predicted octanol–water partition coefficient (Wildman–Crippen LogP) is 3.66. The van der Waals surface area contributed by atoms with Crippen LogP contribution in [0.4, 0.5) is 4.39 Å². The zero-order valence-electron chi connectivity index (χ0n) is 12.0. The molecule has 1 aliphatic rings. The van der Waals surface area contributed by atoms with E-state index in [-0.39, 0.29) is 5.82 Å². The number of aromatic nitrogens is 2. The molecule has 1 saturated heterocycles. The Morgan fingerprint density at radius 1 is 1.48 bits per heavy atom. The number of benzene rings is 1. The zero-order chi connectivity index (χ0) is 15.0. The van der Waals surface area contributed by atoms with Crippen LogP contribution in [0, 0.1) is 9.39 Å². The van der Waals surface area contributed by atoms with E-state index < -0.39 is 0 Å². The van der Waals surface area contributed by atoms with E-state index in [2.05, 4.69) is 21.5 Å². The molecule has 0 aliphatic carbocycles. The van der Waals surface area contributed by atoms with Crippen LogP contribution in [0.25, 0.3) is 11.0 Å². The first kappa shape index (κ1) is 15.5. The van der Waals surface area contributed by atoms with E-state index in [0.29, 0.717) is 21.9 Å². The van der Waals surface area contributed by atoms with Gasteiger partial charge in [-0.05, 0) is 55.1 Å². The third-order valence-electron chi connectivity index (χ3n) is 4.25. The normalized spacial score (nSPS) is 19.7. The second-order valence-electron chi connectivity index (χ2n) is 5.61. The van der Waals surface area contributed by atoms with Crippen molar-refractivity contribution in [2.24, 2.45) is 0 Å². The lowest BCUT2D eigenvalue weighted by atomic mass is 10.2. The molecular formula is C15H18ClFIN3. The molecule has 114 valence electrons. The number of hydrogen-bond acceptors (Lipinski definition) is 2. The summed E-state index contributed by atoms with van der Waals surface area (Å²) in [6.45, 7) is 1.99. The Morgan fingerprint density at radius 2 is 2.29 bits per heavy atom. The summed E-state index contributed by atoms with van der Waals surface area (Å²) < 4.78 is 16.7. The molecule has 3 rings (SSSR count). The lowest BCUT2D eigenvalue weighted by molar-refractivity contribution is 0.282. The van der Waals surface area contributed by atoms with Gasteiger partial charge in [-0.15, -0.1) is 11.6 Å². The molecule has 1 unspecified atom stereocenters. The van der Waals surface area contributed by atoms with E-state index in [9.17, 15) is 4.39 Å². The molecule has 2 heterocycles. The molecule has 1 atom stereocenters. The Hall–Kier alpha value is -0.400. The van der Waals surface area contributed by atoms with Crippen molar-refractivity contribution in [1.82, 2.24) is 14.5 Å². The molecule has 0 bridgehead atoms. The maximum Gasteiger partial charge on any atom is 0.138 e. The molecular weight excluding hydrogens is 404 g/mol. The van der Waals surface area contributed by atoms with Crippen molar-refractivity contribution < 1.29 is 4.39 Å². The Labute approximate surface area is 142 Å². The standard InChI is InChI=1S/C15H18ClFIN3/c1-20-6-2-3-10(20)9-21-14-7-11(17)12(18)8-13(14)19-15(21)4-5-16/h7-8,10H,2-6,9H2,1H3. The number of likely N-dealkylation sites (tertiary alicyclic amines) is 1. The zero-order valence-corrected chi connectivity index (χ0v) is 14.9. The molecule has 0 saturated carbocycles. The van der Waals surface area contributed by atoms with Gasteiger partial charge in [-0.2, -0.15) is 0 Å². The van der Waals surface area contributed by atoms with Gasteiger partial charge in [0, 0.05) is 31.0 Å². The second-order valence-corrected chi connectivity index (χ2v) is 7.15. The third kappa shape index (κ3) is 3.05. The highest BCUT2D eigenvalue weighted by atomic mass is 127. The van der Waals surface area contributed by atoms with Gasteiger partial charge in [-0.1, -0.05) is 0 Å². The highest BCUT2D eigenvalue weighted by Crippen LogP contribution is 2.25. The van der Waals surface area contributed by atoms with Gasteiger partial charge in [0.1, 0.15) is 11.6 Å². The van der Waals surface area contributed by atoms with Crippen LogP contribution in [-0.2, 0) is 13.0 Å². The van der Waals surface area contributed by atoms with Crippen LogP contribution in [-0.4, -0.2) is 40.0 Å². The molecule has 0 N–H and O–H groups in total. The molecule has 1 aromatic heterocycles. The maximum absolute atomic E-state index is 13.9. The SMILES string of the molecule is CN1CCCC1Cn1c(CCCl)nc2cc(I)c(F)cc21. The first-order valence-corrected chi connectivity index (χ1v) is 8.82. The van der Waals surface area contributed by atoms with E-state index in [1.807, 2.05) is 28.7 Å². The number of likely N-dealkylation sites (N-methyl/N-ethyl adjacent to an activating group) is 1. The fourth-order valence-electron chi connectivity index (χ4n) is 3.07. The summed E-state index contributed by atoms with van der Waals surface area (Å²) in [5.41, 5.74) is 1.75. The van der Waals surface area contributed by atoms with Gasteiger partial charge < -0.3 is 9.47 Å². The lowest BCUT2D eigenvalue weighted by Gasteiger charge is -2.21.